The van der Waals surface area contributed by atoms with Crippen molar-refractivity contribution in [2.24, 2.45) is 0 Å². The number of carbonyl (C=O) groups excluding carboxylic acids is 1. The Bertz CT molecular complexity index is 395. The molecule has 3 nitrogen and oxygen atoms in total. The smallest absolute Gasteiger partial charge is 0.368 e. The van der Waals surface area contributed by atoms with E-state index in [-0.39, 0.29) is 6.29 Å². The molecule has 1 N–H and O–H groups in total. The van der Waals surface area contributed by atoms with Crippen LogP contribution in [0, 0.1) is 0 Å². The van der Waals surface area contributed by atoms with Crippen molar-refractivity contribution >= 4 is 12.3 Å². The average Bonchev–Trinajstić information content (AvgIpc) is 2.56. The molecule has 0 atom stereocenters. The first-order chi connectivity index (χ1) is 7.24. The molecule has 0 saturated carbocycles. The molecule has 0 unspecified atom stereocenters. The SMILES string of the molecule is O=CC(=O)O.c1ccc2cccc-2cc1. The maximum atomic E-state index is 9.00. The van der Waals surface area contributed by atoms with E-state index in [0.717, 1.165) is 0 Å². The summed E-state index contributed by atoms with van der Waals surface area (Å²) in [6.45, 7) is 0. The Labute approximate surface area is 87.3 Å². The summed E-state index contributed by atoms with van der Waals surface area (Å²) in [5, 5.41) is 7.35. The van der Waals surface area contributed by atoms with Crippen LogP contribution in [0.1, 0.15) is 0 Å². The molecule has 0 heterocycles. The third-order valence-electron chi connectivity index (χ3n) is 1.76. The summed E-state index contributed by atoms with van der Waals surface area (Å²) in [6, 6.07) is 16.7. The topological polar surface area (TPSA) is 54.4 Å². The minimum absolute atomic E-state index is 0.167. The van der Waals surface area contributed by atoms with Gasteiger partial charge in [-0.1, -0.05) is 48.5 Å². The zero-order valence-electron chi connectivity index (χ0n) is 7.96. The van der Waals surface area contributed by atoms with Crippen LogP contribution in [0.2, 0.25) is 0 Å². The van der Waals surface area contributed by atoms with Crippen molar-refractivity contribution in [1.82, 2.24) is 0 Å². The van der Waals surface area contributed by atoms with Crippen molar-refractivity contribution in [3.8, 4) is 11.1 Å². The van der Waals surface area contributed by atoms with Crippen LogP contribution >= 0.6 is 0 Å². The molecule has 76 valence electrons. The third-order valence-corrected chi connectivity index (χ3v) is 1.76. The Morgan fingerprint density at radius 1 is 0.933 bits per heavy atom. The van der Waals surface area contributed by atoms with E-state index in [1.54, 1.807) is 0 Å². The molecule has 15 heavy (non-hydrogen) atoms. The van der Waals surface area contributed by atoms with Crippen LogP contribution in [0.5, 0.6) is 0 Å². The van der Waals surface area contributed by atoms with E-state index in [1.807, 2.05) is 6.07 Å². The number of carboxylic acids is 1. The van der Waals surface area contributed by atoms with Gasteiger partial charge in [0.15, 0.2) is 0 Å². The van der Waals surface area contributed by atoms with Crippen molar-refractivity contribution in [2.45, 2.75) is 0 Å². The van der Waals surface area contributed by atoms with Gasteiger partial charge in [0.1, 0.15) is 0 Å². The second kappa shape index (κ2) is 5.54. The molecule has 0 spiro atoms. The molecule has 0 saturated heterocycles. The summed E-state index contributed by atoms with van der Waals surface area (Å²) >= 11 is 0. The Morgan fingerprint density at radius 2 is 1.33 bits per heavy atom. The van der Waals surface area contributed by atoms with E-state index in [0.29, 0.717) is 0 Å². The summed E-state index contributed by atoms with van der Waals surface area (Å²) < 4.78 is 0. The summed E-state index contributed by atoms with van der Waals surface area (Å²) in [4.78, 5) is 17.9. The number of carbonyl (C=O) groups is 2. The highest BCUT2D eigenvalue weighted by atomic mass is 16.4. The van der Waals surface area contributed by atoms with Crippen molar-refractivity contribution < 1.29 is 14.7 Å². The Balaban J connectivity index is 0.000000195. The van der Waals surface area contributed by atoms with Crippen LogP contribution in [-0.2, 0) is 9.59 Å². The minimum Gasteiger partial charge on any atom is -0.476 e. The lowest BCUT2D eigenvalue weighted by molar-refractivity contribution is -0.143. The summed E-state index contributed by atoms with van der Waals surface area (Å²) in [7, 11) is 0. The molecule has 0 aromatic heterocycles. The molecule has 2 aliphatic rings. The van der Waals surface area contributed by atoms with Crippen LogP contribution in [0.25, 0.3) is 11.1 Å². The van der Waals surface area contributed by atoms with Crippen LogP contribution < -0.4 is 0 Å². The zero-order valence-corrected chi connectivity index (χ0v) is 7.96. The van der Waals surface area contributed by atoms with E-state index in [1.165, 1.54) is 11.1 Å². The first-order valence-corrected chi connectivity index (χ1v) is 4.36. The first-order valence-electron chi connectivity index (χ1n) is 4.36. The molecule has 0 radical (unpaired) electrons. The van der Waals surface area contributed by atoms with Crippen molar-refractivity contribution in [3.63, 3.8) is 0 Å². The van der Waals surface area contributed by atoms with Gasteiger partial charge < -0.3 is 5.11 Å². The lowest BCUT2D eigenvalue weighted by Gasteiger charge is -1.85. The molecule has 0 bridgehead atoms. The standard InChI is InChI=1S/C10H8.C2H2O3/c1-2-5-9-7-4-8-10(9)6-3-1;3-1-2(4)5/h1-8H;1H,(H,4,5). The molecule has 0 fully saturated rings. The lowest BCUT2D eigenvalue weighted by atomic mass is 10.2. The Hall–Kier alpha value is -2.16. The first kappa shape index (κ1) is 10.9. The fourth-order valence-corrected chi connectivity index (χ4v) is 1.13. The van der Waals surface area contributed by atoms with E-state index in [4.69, 9.17) is 14.7 Å². The van der Waals surface area contributed by atoms with Gasteiger partial charge in [0.2, 0.25) is 6.29 Å². The molecular weight excluding hydrogens is 192 g/mol. The van der Waals surface area contributed by atoms with Crippen LogP contribution in [0.3, 0.4) is 0 Å². The van der Waals surface area contributed by atoms with Gasteiger partial charge in [-0.15, -0.1) is 0 Å². The molecule has 2 rings (SSSR count). The van der Waals surface area contributed by atoms with Gasteiger partial charge in [-0.05, 0) is 11.1 Å². The van der Waals surface area contributed by atoms with Crippen molar-refractivity contribution in [1.29, 1.82) is 0 Å². The number of rotatable bonds is 1. The predicted molar refractivity (Wildman–Crippen MR) is 56.8 cm³/mol. The molecule has 0 aliphatic heterocycles. The third kappa shape index (κ3) is 3.60. The summed E-state index contributed by atoms with van der Waals surface area (Å²) in [6.07, 6.45) is -0.167. The van der Waals surface area contributed by atoms with Gasteiger partial charge in [-0.2, -0.15) is 0 Å². The minimum atomic E-state index is -1.43. The van der Waals surface area contributed by atoms with E-state index in [2.05, 4.69) is 42.5 Å². The second-order valence-electron chi connectivity index (χ2n) is 2.80. The molecule has 0 aromatic rings. The molecule has 0 amide bonds. The van der Waals surface area contributed by atoms with Gasteiger partial charge >= 0.3 is 5.97 Å². The molecule has 2 aliphatic carbocycles. The van der Waals surface area contributed by atoms with Gasteiger partial charge in [0.05, 0.1) is 0 Å². The van der Waals surface area contributed by atoms with Crippen molar-refractivity contribution in [3.05, 3.63) is 48.5 Å². The fraction of sp³-hybridized carbons (Fsp3) is 0. The summed E-state index contributed by atoms with van der Waals surface area (Å²) in [5.41, 5.74) is 2.62. The van der Waals surface area contributed by atoms with E-state index in [9.17, 15) is 0 Å². The highest BCUT2D eigenvalue weighted by Crippen LogP contribution is 2.19. The molecule has 3 heteroatoms. The van der Waals surface area contributed by atoms with Gasteiger partial charge in [-0.3, -0.25) is 4.79 Å². The maximum absolute atomic E-state index is 9.00. The number of aldehydes is 1. The van der Waals surface area contributed by atoms with E-state index < -0.39 is 5.97 Å². The lowest BCUT2D eigenvalue weighted by Crippen LogP contribution is -1.91. The van der Waals surface area contributed by atoms with Crippen LogP contribution in [-0.4, -0.2) is 17.4 Å². The number of hydrogen-bond donors (Lipinski definition) is 1. The maximum Gasteiger partial charge on any atom is 0.368 e. The molecular formula is C12H10O3. The van der Waals surface area contributed by atoms with Gasteiger partial charge in [0.25, 0.3) is 0 Å². The average molecular weight is 202 g/mol. The molecule has 0 aromatic carbocycles. The Kier molecular flexibility index (Phi) is 4.04. The predicted octanol–water partition coefficient (Wildman–Crippen LogP) is 2.06. The van der Waals surface area contributed by atoms with Crippen molar-refractivity contribution in [2.75, 3.05) is 0 Å². The Morgan fingerprint density at radius 3 is 1.73 bits per heavy atom. The monoisotopic (exact) mass is 202 g/mol. The van der Waals surface area contributed by atoms with E-state index >= 15 is 0 Å². The normalized spacial score (nSPS) is 8.80. The number of carboxylic acid groups (broad SMARTS) is 1. The quantitative estimate of drug-likeness (QED) is 0.568. The number of aliphatic carboxylic acids is 1. The highest BCUT2D eigenvalue weighted by Gasteiger charge is 1.94. The highest BCUT2D eigenvalue weighted by molar-refractivity contribution is 6.19. The van der Waals surface area contributed by atoms with Gasteiger partial charge in [0, 0.05) is 0 Å². The number of fused-ring (bicyclic) bond motifs is 1. The fourth-order valence-electron chi connectivity index (χ4n) is 1.13. The zero-order chi connectivity index (χ0) is 11.1. The van der Waals surface area contributed by atoms with Crippen LogP contribution in [0.15, 0.2) is 48.5 Å². The number of hydrogen-bond acceptors (Lipinski definition) is 2. The van der Waals surface area contributed by atoms with Crippen LogP contribution in [0.4, 0.5) is 0 Å². The largest absolute Gasteiger partial charge is 0.476 e. The van der Waals surface area contributed by atoms with Gasteiger partial charge in [-0.25, -0.2) is 4.79 Å². The summed E-state index contributed by atoms with van der Waals surface area (Å²) in [5.74, 6) is -1.43. The second-order valence-corrected chi connectivity index (χ2v) is 2.80.